The van der Waals surface area contributed by atoms with Crippen LogP contribution >= 0.6 is 0 Å². The fourth-order valence-electron chi connectivity index (χ4n) is 6.02. The van der Waals surface area contributed by atoms with E-state index >= 15 is 0 Å². The zero-order valence-corrected chi connectivity index (χ0v) is 25.1. The van der Waals surface area contributed by atoms with Gasteiger partial charge in [0.25, 0.3) is 0 Å². The highest BCUT2D eigenvalue weighted by Crippen LogP contribution is 2.35. The van der Waals surface area contributed by atoms with Crippen LogP contribution in [0.15, 0.2) is 73.2 Å². The Kier molecular flexibility index (Phi) is 7.45. The topological polar surface area (TPSA) is 120 Å². The first kappa shape index (κ1) is 28.3. The minimum Gasteiger partial charge on any atom is -0.353 e. The second kappa shape index (κ2) is 11.6. The molecule has 3 N–H and O–H groups in total. The number of hydrogen-bond donors (Lipinski definition) is 3. The van der Waals surface area contributed by atoms with Crippen molar-refractivity contribution in [1.29, 1.82) is 0 Å². The maximum absolute atomic E-state index is 14.6. The van der Waals surface area contributed by atoms with Crippen LogP contribution in [-0.2, 0) is 23.1 Å². The van der Waals surface area contributed by atoms with E-state index in [0.29, 0.717) is 16.8 Å². The number of halogens is 1. The number of aromatic nitrogens is 5. The lowest BCUT2D eigenvalue weighted by Gasteiger charge is -2.26. The molecule has 1 aliphatic heterocycles. The molecule has 0 bridgehead atoms. The number of piperidine rings is 1. The SMILES string of the molecule is CS(=O)(=O)NCc1cc(F)cc(-c2nccc3[nH]c(-c4n[nH]c5ccc(-c6cncc(CN7CCCCC7)c6)cc45)cc23)c1. The Hall–Kier alpha value is -4.45. The van der Waals surface area contributed by atoms with Gasteiger partial charge >= 0.3 is 0 Å². The Bertz CT molecular complexity index is 2100. The van der Waals surface area contributed by atoms with Crippen LogP contribution in [0.1, 0.15) is 30.4 Å². The number of pyridine rings is 2. The average molecular weight is 610 g/mol. The molecule has 11 heteroatoms. The van der Waals surface area contributed by atoms with Gasteiger partial charge in [-0.2, -0.15) is 5.10 Å². The van der Waals surface area contributed by atoms with Gasteiger partial charge in [0, 0.05) is 59.1 Å². The summed E-state index contributed by atoms with van der Waals surface area (Å²) in [6, 6.07) is 16.8. The van der Waals surface area contributed by atoms with E-state index in [0.717, 1.165) is 70.2 Å². The normalized spacial score (nSPS) is 14.5. The summed E-state index contributed by atoms with van der Waals surface area (Å²) >= 11 is 0. The van der Waals surface area contributed by atoms with Gasteiger partial charge in [-0.05, 0) is 91.2 Å². The summed E-state index contributed by atoms with van der Waals surface area (Å²) < 4.78 is 40.2. The van der Waals surface area contributed by atoms with Crippen molar-refractivity contribution in [1.82, 2.24) is 34.8 Å². The van der Waals surface area contributed by atoms with Crippen LogP contribution in [0, 0.1) is 5.82 Å². The number of nitrogens with zero attached hydrogens (tertiary/aromatic N) is 4. The molecule has 6 aromatic rings. The minimum atomic E-state index is -3.42. The molecule has 2 aromatic carbocycles. The van der Waals surface area contributed by atoms with Crippen LogP contribution in [0.5, 0.6) is 0 Å². The van der Waals surface area contributed by atoms with Crippen LogP contribution in [0.4, 0.5) is 4.39 Å². The van der Waals surface area contributed by atoms with E-state index in [1.807, 2.05) is 30.6 Å². The first-order valence-corrected chi connectivity index (χ1v) is 16.6. The van der Waals surface area contributed by atoms with Gasteiger partial charge in [0.15, 0.2) is 0 Å². The van der Waals surface area contributed by atoms with Gasteiger partial charge in [0.05, 0.1) is 23.2 Å². The fraction of sp³-hybridized carbons (Fsp3) is 0.242. The van der Waals surface area contributed by atoms with Crippen LogP contribution in [0.2, 0.25) is 0 Å². The number of likely N-dealkylation sites (tertiary alicyclic amines) is 1. The highest BCUT2D eigenvalue weighted by atomic mass is 32.2. The van der Waals surface area contributed by atoms with Gasteiger partial charge in [-0.3, -0.25) is 20.0 Å². The van der Waals surface area contributed by atoms with E-state index in [-0.39, 0.29) is 6.54 Å². The standard InChI is InChI=1S/C33H32FN7O2S/c1-44(42,43)37-18-21-11-24(14-26(34)13-21)32-28-16-31(38-29(28)7-8-36-32)33-27-15-23(5-6-30(27)39-40-33)25-12-22(17-35-19-25)20-41-9-3-2-4-10-41/h5-8,11-17,19,37-38H,2-4,9-10,18,20H2,1H3,(H,39,40). The molecule has 0 amide bonds. The van der Waals surface area contributed by atoms with Gasteiger partial charge in [-0.15, -0.1) is 0 Å². The second-order valence-corrected chi connectivity index (χ2v) is 13.3. The van der Waals surface area contributed by atoms with Gasteiger partial charge < -0.3 is 4.98 Å². The number of H-pyrrole nitrogens is 2. The van der Waals surface area contributed by atoms with Crippen LogP contribution in [0.3, 0.4) is 0 Å². The molecule has 0 spiro atoms. The van der Waals surface area contributed by atoms with Crippen LogP contribution in [-0.4, -0.2) is 57.8 Å². The van der Waals surface area contributed by atoms with E-state index < -0.39 is 15.8 Å². The third-order valence-corrected chi connectivity index (χ3v) is 8.79. The molecule has 224 valence electrons. The third kappa shape index (κ3) is 5.99. The molecule has 0 saturated carbocycles. The number of rotatable bonds is 8. The van der Waals surface area contributed by atoms with Crippen molar-refractivity contribution >= 4 is 31.8 Å². The van der Waals surface area contributed by atoms with Crippen molar-refractivity contribution in [2.75, 3.05) is 19.3 Å². The number of nitrogens with one attached hydrogen (secondary N) is 3. The predicted molar refractivity (Wildman–Crippen MR) is 171 cm³/mol. The number of sulfonamides is 1. The molecule has 9 nitrogen and oxygen atoms in total. The molecule has 0 atom stereocenters. The molecule has 0 aliphatic carbocycles. The Morgan fingerprint density at radius 1 is 0.864 bits per heavy atom. The number of fused-ring (bicyclic) bond motifs is 2. The van der Waals surface area contributed by atoms with E-state index in [9.17, 15) is 12.8 Å². The molecule has 7 rings (SSSR count). The first-order chi connectivity index (χ1) is 21.3. The summed E-state index contributed by atoms with van der Waals surface area (Å²) in [4.78, 5) is 15.1. The van der Waals surface area contributed by atoms with Crippen LogP contribution < -0.4 is 4.72 Å². The Morgan fingerprint density at radius 2 is 1.68 bits per heavy atom. The van der Waals surface area contributed by atoms with E-state index in [4.69, 9.17) is 0 Å². The number of aromatic amines is 2. The maximum Gasteiger partial charge on any atom is 0.209 e. The quantitative estimate of drug-likeness (QED) is 0.195. The molecule has 0 radical (unpaired) electrons. The minimum absolute atomic E-state index is 0.0176. The highest BCUT2D eigenvalue weighted by Gasteiger charge is 2.17. The Balaban J connectivity index is 1.23. The zero-order chi connectivity index (χ0) is 30.3. The number of hydrogen-bond acceptors (Lipinski definition) is 6. The first-order valence-electron chi connectivity index (χ1n) is 14.7. The maximum atomic E-state index is 14.6. The predicted octanol–water partition coefficient (Wildman–Crippen LogP) is 6.01. The smallest absolute Gasteiger partial charge is 0.209 e. The summed E-state index contributed by atoms with van der Waals surface area (Å²) in [6.07, 6.45) is 10.4. The van der Waals surface area contributed by atoms with Crippen molar-refractivity contribution in [3.8, 4) is 33.8 Å². The highest BCUT2D eigenvalue weighted by molar-refractivity contribution is 7.88. The van der Waals surface area contributed by atoms with Gasteiger partial charge in [0.1, 0.15) is 11.5 Å². The van der Waals surface area contributed by atoms with Gasteiger partial charge in [0.2, 0.25) is 10.0 Å². The molecule has 1 saturated heterocycles. The second-order valence-electron chi connectivity index (χ2n) is 11.5. The molecular weight excluding hydrogens is 577 g/mol. The lowest BCUT2D eigenvalue weighted by atomic mass is 10.0. The van der Waals surface area contributed by atoms with Gasteiger partial charge in [-0.25, -0.2) is 17.5 Å². The van der Waals surface area contributed by atoms with Crippen molar-refractivity contribution in [3.05, 3.63) is 90.1 Å². The van der Waals surface area contributed by atoms with Crippen molar-refractivity contribution in [2.45, 2.75) is 32.4 Å². The molecule has 5 heterocycles. The molecule has 4 aromatic heterocycles. The van der Waals surface area contributed by atoms with E-state index in [1.54, 1.807) is 12.3 Å². The summed E-state index contributed by atoms with van der Waals surface area (Å²) in [5, 5.41) is 9.56. The van der Waals surface area contributed by atoms with E-state index in [1.165, 1.54) is 37.0 Å². The molecular formula is C33H32FN7O2S. The van der Waals surface area contributed by atoms with E-state index in [2.05, 4.69) is 53.0 Å². The summed E-state index contributed by atoms with van der Waals surface area (Å²) in [5.74, 6) is -0.470. The largest absolute Gasteiger partial charge is 0.353 e. The third-order valence-electron chi connectivity index (χ3n) is 8.12. The molecule has 44 heavy (non-hydrogen) atoms. The Morgan fingerprint density at radius 3 is 2.52 bits per heavy atom. The van der Waals surface area contributed by atoms with Crippen molar-refractivity contribution in [3.63, 3.8) is 0 Å². The fourth-order valence-corrected chi connectivity index (χ4v) is 6.45. The van der Waals surface area contributed by atoms with Crippen molar-refractivity contribution < 1.29 is 12.8 Å². The summed E-state index contributed by atoms with van der Waals surface area (Å²) in [7, 11) is -3.42. The zero-order valence-electron chi connectivity index (χ0n) is 24.3. The molecule has 1 aliphatic rings. The number of benzene rings is 2. The monoisotopic (exact) mass is 609 g/mol. The molecule has 0 unspecified atom stereocenters. The summed E-state index contributed by atoms with van der Waals surface area (Å²) in [5.41, 5.74) is 8.26. The average Bonchev–Trinajstić information content (AvgIpc) is 3.64. The van der Waals surface area contributed by atoms with Crippen LogP contribution in [0.25, 0.3) is 55.6 Å². The Labute approximate surface area is 254 Å². The summed E-state index contributed by atoms with van der Waals surface area (Å²) in [6.45, 7) is 3.16. The lowest BCUT2D eigenvalue weighted by Crippen LogP contribution is -2.29. The lowest BCUT2D eigenvalue weighted by molar-refractivity contribution is 0.220. The van der Waals surface area contributed by atoms with Crippen molar-refractivity contribution in [2.24, 2.45) is 0 Å². The molecule has 1 fully saturated rings. The van der Waals surface area contributed by atoms with Gasteiger partial charge in [-0.1, -0.05) is 12.5 Å².